The van der Waals surface area contributed by atoms with E-state index in [2.05, 4.69) is 30.4 Å². The molecule has 1 rings (SSSR count). The minimum Gasteiger partial charge on any atom is -0.396 e. The summed E-state index contributed by atoms with van der Waals surface area (Å²) in [4.78, 5) is 11.6. The van der Waals surface area contributed by atoms with Crippen LogP contribution in [-0.2, 0) is 11.2 Å². The van der Waals surface area contributed by atoms with E-state index in [0.717, 1.165) is 12.8 Å². The van der Waals surface area contributed by atoms with Crippen LogP contribution in [0.4, 0.5) is 0 Å². The van der Waals surface area contributed by atoms with E-state index < -0.39 is 0 Å². The lowest BCUT2D eigenvalue weighted by Crippen LogP contribution is -2.28. The van der Waals surface area contributed by atoms with Gasteiger partial charge in [0.2, 0.25) is 5.91 Å². The van der Waals surface area contributed by atoms with Crippen LogP contribution >= 0.6 is 0 Å². The van der Waals surface area contributed by atoms with Gasteiger partial charge in [-0.2, -0.15) is 0 Å². The largest absolute Gasteiger partial charge is 0.396 e. The van der Waals surface area contributed by atoms with Crippen LogP contribution in [0, 0.1) is 12.8 Å². The second-order valence-corrected chi connectivity index (χ2v) is 4.91. The first-order valence-corrected chi connectivity index (χ1v) is 6.55. The van der Waals surface area contributed by atoms with E-state index >= 15 is 0 Å². The fourth-order valence-corrected chi connectivity index (χ4v) is 1.82. The average molecular weight is 249 g/mol. The van der Waals surface area contributed by atoms with Gasteiger partial charge in [0.05, 0.1) is 0 Å². The first kappa shape index (κ1) is 14.7. The van der Waals surface area contributed by atoms with Gasteiger partial charge >= 0.3 is 0 Å². The summed E-state index contributed by atoms with van der Waals surface area (Å²) in [7, 11) is 0. The molecule has 0 saturated carbocycles. The monoisotopic (exact) mass is 249 g/mol. The Kier molecular flexibility index (Phi) is 6.44. The standard InChI is InChI=1S/C15H23NO2/c1-12-4-3-5-14(10-12)6-7-15(18)16-11-13(2)8-9-17/h3-5,10,13,17H,6-9,11H2,1-2H3,(H,16,18). The molecule has 18 heavy (non-hydrogen) atoms. The first-order valence-electron chi connectivity index (χ1n) is 6.55. The lowest BCUT2D eigenvalue weighted by molar-refractivity contribution is -0.121. The normalized spacial score (nSPS) is 12.2. The third-order valence-electron chi connectivity index (χ3n) is 2.99. The maximum absolute atomic E-state index is 11.6. The molecule has 1 unspecified atom stereocenters. The highest BCUT2D eigenvalue weighted by atomic mass is 16.3. The van der Waals surface area contributed by atoms with Crippen molar-refractivity contribution in [1.82, 2.24) is 5.32 Å². The van der Waals surface area contributed by atoms with Crippen molar-refractivity contribution in [2.24, 2.45) is 5.92 Å². The molecule has 1 aromatic carbocycles. The molecule has 0 spiro atoms. The molecule has 0 bridgehead atoms. The molecule has 3 nitrogen and oxygen atoms in total. The number of carbonyl (C=O) groups is 1. The van der Waals surface area contributed by atoms with E-state index in [9.17, 15) is 4.79 Å². The SMILES string of the molecule is Cc1cccc(CCC(=O)NCC(C)CCO)c1. The molecule has 1 atom stereocenters. The van der Waals surface area contributed by atoms with Crippen molar-refractivity contribution >= 4 is 5.91 Å². The molecular formula is C15H23NO2. The Labute approximate surface area is 109 Å². The summed E-state index contributed by atoms with van der Waals surface area (Å²) in [5.41, 5.74) is 2.43. The Balaban J connectivity index is 2.25. The molecular weight excluding hydrogens is 226 g/mol. The molecule has 0 fully saturated rings. The van der Waals surface area contributed by atoms with Crippen molar-refractivity contribution in [3.05, 3.63) is 35.4 Å². The summed E-state index contributed by atoms with van der Waals surface area (Å²) in [6.07, 6.45) is 2.04. The van der Waals surface area contributed by atoms with Gasteiger partial charge in [0.1, 0.15) is 0 Å². The minimum atomic E-state index is 0.0845. The van der Waals surface area contributed by atoms with Gasteiger partial charge in [-0.25, -0.2) is 0 Å². The molecule has 1 aromatic rings. The molecule has 2 N–H and O–H groups in total. The number of hydrogen-bond acceptors (Lipinski definition) is 2. The highest BCUT2D eigenvalue weighted by Crippen LogP contribution is 2.06. The van der Waals surface area contributed by atoms with Gasteiger partial charge in [-0.3, -0.25) is 4.79 Å². The van der Waals surface area contributed by atoms with Crippen LogP contribution in [0.15, 0.2) is 24.3 Å². The zero-order valence-electron chi connectivity index (χ0n) is 11.3. The zero-order valence-corrected chi connectivity index (χ0v) is 11.3. The van der Waals surface area contributed by atoms with Crippen molar-refractivity contribution < 1.29 is 9.90 Å². The van der Waals surface area contributed by atoms with E-state index in [1.165, 1.54) is 11.1 Å². The summed E-state index contributed by atoms with van der Waals surface area (Å²) in [6, 6.07) is 8.24. The molecule has 100 valence electrons. The van der Waals surface area contributed by atoms with Crippen molar-refractivity contribution in [2.75, 3.05) is 13.2 Å². The maximum Gasteiger partial charge on any atom is 0.220 e. The third-order valence-corrected chi connectivity index (χ3v) is 2.99. The molecule has 0 aliphatic carbocycles. The van der Waals surface area contributed by atoms with Crippen LogP contribution in [0.25, 0.3) is 0 Å². The number of aryl methyl sites for hydroxylation is 2. The highest BCUT2D eigenvalue weighted by Gasteiger charge is 2.05. The van der Waals surface area contributed by atoms with E-state index in [1.807, 2.05) is 13.0 Å². The van der Waals surface area contributed by atoms with Crippen LogP contribution in [0.2, 0.25) is 0 Å². The summed E-state index contributed by atoms with van der Waals surface area (Å²) < 4.78 is 0. The zero-order chi connectivity index (χ0) is 13.4. The fourth-order valence-electron chi connectivity index (χ4n) is 1.82. The first-order chi connectivity index (χ1) is 8.61. The van der Waals surface area contributed by atoms with Crippen LogP contribution in [0.1, 0.15) is 30.9 Å². The smallest absolute Gasteiger partial charge is 0.220 e. The van der Waals surface area contributed by atoms with Crippen molar-refractivity contribution in [3.8, 4) is 0 Å². The van der Waals surface area contributed by atoms with Gasteiger partial charge in [-0.05, 0) is 31.2 Å². The van der Waals surface area contributed by atoms with Gasteiger partial charge in [0.15, 0.2) is 0 Å². The quantitative estimate of drug-likeness (QED) is 0.777. The number of amides is 1. The number of aliphatic hydroxyl groups excluding tert-OH is 1. The fraction of sp³-hybridized carbons (Fsp3) is 0.533. The molecule has 0 heterocycles. The van der Waals surface area contributed by atoms with Crippen molar-refractivity contribution in [2.45, 2.75) is 33.1 Å². The molecule has 0 aliphatic heterocycles. The summed E-state index contributed by atoms with van der Waals surface area (Å²) in [5.74, 6) is 0.416. The predicted octanol–water partition coefficient (Wildman–Crippen LogP) is 2.06. The Morgan fingerprint density at radius 1 is 1.44 bits per heavy atom. The van der Waals surface area contributed by atoms with E-state index in [-0.39, 0.29) is 12.5 Å². The predicted molar refractivity (Wildman–Crippen MR) is 73.4 cm³/mol. The van der Waals surface area contributed by atoms with Crippen molar-refractivity contribution in [1.29, 1.82) is 0 Å². The van der Waals surface area contributed by atoms with Gasteiger partial charge < -0.3 is 10.4 Å². The van der Waals surface area contributed by atoms with E-state index in [0.29, 0.717) is 18.9 Å². The Hall–Kier alpha value is -1.35. The van der Waals surface area contributed by atoms with Crippen molar-refractivity contribution in [3.63, 3.8) is 0 Å². The number of hydrogen-bond donors (Lipinski definition) is 2. The summed E-state index contributed by atoms with van der Waals surface area (Å²) >= 11 is 0. The lowest BCUT2D eigenvalue weighted by Gasteiger charge is -2.11. The topological polar surface area (TPSA) is 49.3 Å². The van der Waals surface area contributed by atoms with Gasteiger partial charge in [0, 0.05) is 19.6 Å². The van der Waals surface area contributed by atoms with Gasteiger partial charge in [-0.1, -0.05) is 36.8 Å². The number of benzene rings is 1. The molecule has 0 radical (unpaired) electrons. The maximum atomic E-state index is 11.6. The van der Waals surface area contributed by atoms with Gasteiger partial charge in [-0.15, -0.1) is 0 Å². The number of carbonyl (C=O) groups excluding carboxylic acids is 1. The number of nitrogens with one attached hydrogen (secondary N) is 1. The second kappa shape index (κ2) is 7.88. The average Bonchev–Trinajstić information content (AvgIpc) is 2.34. The molecule has 0 aliphatic rings. The molecule has 1 amide bonds. The number of aliphatic hydroxyl groups is 1. The third kappa shape index (κ3) is 5.82. The minimum absolute atomic E-state index is 0.0845. The number of rotatable bonds is 7. The van der Waals surface area contributed by atoms with Crippen LogP contribution in [0.5, 0.6) is 0 Å². The van der Waals surface area contributed by atoms with Crippen LogP contribution < -0.4 is 5.32 Å². The Morgan fingerprint density at radius 2 is 2.22 bits per heavy atom. The highest BCUT2D eigenvalue weighted by molar-refractivity contribution is 5.76. The molecule has 0 saturated heterocycles. The second-order valence-electron chi connectivity index (χ2n) is 4.91. The van der Waals surface area contributed by atoms with Crippen LogP contribution in [-0.4, -0.2) is 24.2 Å². The van der Waals surface area contributed by atoms with Gasteiger partial charge in [0.25, 0.3) is 0 Å². The van der Waals surface area contributed by atoms with Crippen LogP contribution in [0.3, 0.4) is 0 Å². The molecule has 0 aromatic heterocycles. The molecule has 3 heteroatoms. The summed E-state index contributed by atoms with van der Waals surface area (Å²) in [5, 5.41) is 11.7. The van der Waals surface area contributed by atoms with E-state index in [4.69, 9.17) is 5.11 Å². The summed E-state index contributed by atoms with van der Waals surface area (Å²) in [6.45, 7) is 4.91. The van der Waals surface area contributed by atoms with E-state index in [1.54, 1.807) is 0 Å². The lowest BCUT2D eigenvalue weighted by atomic mass is 10.1. The Bertz CT molecular complexity index is 377. The Morgan fingerprint density at radius 3 is 2.89 bits per heavy atom.